The molecule has 1 nitrogen and oxygen atoms in total. The fourth-order valence-electron chi connectivity index (χ4n) is 1.90. The summed E-state index contributed by atoms with van der Waals surface area (Å²) in [6, 6.07) is 11.6. The van der Waals surface area contributed by atoms with Crippen LogP contribution in [0.4, 0.5) is 11.4 Å². The van der Waals surface area contributed by atoms with Gasteiger partial charge in [0.1, 0.15) is 0 Å². The first kappa shape index (κ1) is 10.7. The van der Waals surface area contributed by atoms with Crippen LogP contribution in [0.3, 0.4) is 0 Å². The number of hydrogen-bond acceptors (Lipinski definition) is 1. The summed E-state index contributed by atoms with van der Waals surface area (Å²) in [5, 5.41) is 4.85. The van der Waals surface area contributed by atoms with Crippen molar-refractivity contribution < 1.29 is 0 Å². The molecule has 0 bridgehead atoms. The SMILES string of the molecule is Clc1ccc2c(c1)C=Cc1cc(Cl)ccc1N2. The van der Waals surface area contributed by atoms with Crippen LogP contribution in [-0.4, -0.2) is 0 Å². The predicted molar refractivity (Wildman–Crippen MR) is 75.1 cm³/mol. The molecule has 0 fully saturated rings. The molecule has 0 radical (unpaired) electrons. The Morgan fingerprint density at radius 1 is 0.706 bits per heavy atom. The van der Waals surface area contributed by atoms with E-state index in [1.165, 1.54) is 0 Å². The quantitative estimate of drug-likeness (QED) is 0.585. The Balaban J connectivity index is 2.16. The van der Waals surface area contributed by atoms with Gasteiger partial charge in [0, 0.05) is 21.4 Å². The largest absolute Gasteiger partial charge is 0.355 e. The van der Waals surface area contributed by atoms with Gasteiger partial charge in [-0.2, -0.15) is 0 Å². The minimum atomic E-state index is 0.735. The van der Waals surface area contributed by atoms with Crippen LogP contribution in [0.15, 0.2) is 36.4 Å². The van der Waals surface area contributed by atoms with E-state index in [0.29, 0.717) is 0 Å². The summed E-state index contributed by atoms with van der Waals surface area (Å²) in [6.45, 7) is 0. The van der Waals surface area contributed by atoms with Crippen molar-refractivity contribution in [3.05, 3.63) is 57.6 Å². The van der Waals surface area contributed by atoms with E-state index in [0.717, 1.165) is 32.5 Å². The van der Waals surface area contributed by atoms with Crippen molar-refractivity contribution >= 4 is 46.7 Å². The molecule has 0 spiro atoms. The number of fused-ring (bicyclic) bond motifs is 2. The molecule has 3 rings (SSSR count). The highest BCUT2D eigenvalue weighted by atomic mass is 35.5. The average molecular weight is 262 g/mol. The summed E-state index contributed by atoms with van der Waals surface area (Å²) < 4.78 is 0. The fraction of sp³-hybridized carbons (Fsp3) is 0. The lowest BCUT2D eigenvalue weighted by Crippen LogP contribution is -1.92. The Morgan fingerprint density at radius 2 is 1.18 bits per heavy atom. The lowest BCUT2D eigenvalue weighted by molar-refractivity contribution is 1.53. The molecule has 0 aliphatic carbocycles. The molecule has 1 N–H and O–H groups in total. The van der Waals surface area contributed by atoms with Gasteiger partial charge in [0.05, 0.1) is 0 Å². The maximum atomic E-state index is 5.98. The Kier molecular flexibility index (Phi) is 2.58. The molecular formula is C14H9Cl2N. The molecule has 3 heteroatoms. The zero-order chi connectivity index (χ0) is 11.8. The molecule has 0 aromatic heterocycles. The molecular weight excluding hydrogens is 253 g/mol. The molecule has 0 saturated heterocycles. The van der Waals surface area contributed by atoms with Crippen LogP contribution in [-0.2, 0) is 0 Å². The minimum Gasteiger partial charge on any atom is -0.355 e. The first-order valence-electron chi connectivity index (χ1n) is 5.26. The number of rotatable bonds is 0. The van der Waals surface area contributed by atoms with Crippen molar-refractivity contribution in [1.82, 2.24) is 0 Å². The van der Waals surface area contributed by atoms with Gasteiger partial charge in [-0.05, 0) is 47.5 Å². The normalized spacial score (nSPS) is 12.4. The van der Waals surface area contributed by atoms with Crippen LogP contribution in [0.1, 0.15) is 11.1 Å². The number of hydrogen-bond donors (Lipinski definition) is 1. The standard InChI is InChI=1S/C14H9Cl2N/c15-11-3-5-13-9(7-11)1-2-10-8-12(16)4-6-14(10)17-13/h1-8,17H. The topological polar surface area (TPSA) is 12.0 Å². The van der Waals surface area contributed by atoms with Gasteiger partial charge in [-0.15, -0.1) is 0 Å². The molecule has 0 saturated carbocycles. The number of halogens is 2. The Hall–Kier alpha value is -1.44. The van der Waals surface area contributed by atoms with Crippen molar-refractivity contribution in [2.24, 2.45) is 0 Å². The summed E-state index contributed by atoms with van der Waals surface area (Å²) in [7, 11) is 0. The molecule has 2 aromatic rings. The summed E-state index contributed by atoms with van der Waals surface area (Å²) in [5.74, 6) is 0. The Morgan fingerprint density at radius 3 is 1.65 bits per heavy atom. The average Bonchev–Trinajstić information content (AvgIpc) is 2.48. The molecule has 0 amide bonds. The lowest BCUT2D eigenvalue weighted by Gasteiger charge is -2.09. The van der Waals surface area contributed by atoms with Gasteiger partial charge >= 0.3 is 0 Å². The van der Waals surface area contributed by atoms with Crippen molar-refractivity contribution in [2.75, 3.05) is 5.32 Å². The maximum absolute atomic E-state index is 5.98. The van der Waals surface area contributed by atoms with Gasteiger partial charge in [-0.25, -0.2) is 0 Å². The van der Waals surface area contributed by atoms with Crippen LogP contribution in [0.25, 0.3) is 12.2 Å². The van der Waals surface area contributed by atoms with Crippen LogP contribution in [0.2, 0.25) is 10.0 Å². The fourth-order valence-corrected chi connectivity index (χ4v) is 2.26. The first-order valence-corrected chi connectivity index (χ1v) is 6.02. The van der Waals surface area contributed by atoms with Crippen molar-refractivity contribution in [3.63, 3.8) is 0 Å². The van der Waals surface area contributed by atoms with Crippen LogP contribution in [0.5, 0.6) is 0 Å². The highest BCUT2D eigenvalue weighted by Crippen LogP contribution is 2.32. The lowest BCUT2D eigenvalue weighted by atomic mass is 10.1. The summed E-state index contributed by atoms with van der Waals surface area (Å²) in [4.78, 5) is 0. The third-order valence-electron chi connectivity index (χ3n) is 2.74. The van der Waals surface area contributed by atoms with Gasteiger partial charge in [-0.1, -0.05) is 35.4 Å². The molecule has 84 valence electrons. The number of benzene rings is 2. The molecule has 1 aliphatic heterocycles. The van der Waals surface area contributed by atoms with Gasteiger partial charge in [0.15, 0.2) is 0 Å². The van der Waals surface area contributed by atoms with Crippen molar-refractivity contribution in [3.8, 4) is 0 Å². The Bertz CT molecular complexity index is 564. The van der Waals surface area contributed by atoms with Crippen LogP contribution in [0, 0.1) is 0 Å². The van der Waals surface area contributed by atoms with E-state index in [9.17, 15) is 0 Å². The highest BCUT2D eigenvalue weighted by Gasteiger charge is 2.08. The zero-order valence-corrected chi connectivity index (χ0v) is 10.4. The second-order valence-electron chi connectivity index (χ2n) is 3.92. The third-order valence-corrected chi connectivity index (χ3v) is 3.21. The minimum absolute atomic E-state index is 0.735. The van der Waals surface area contributed by atoms with E-state index >= 15 is 0 Å². The number of nitrogens with one attached hydrogen (secondary N) is 1. The van der Waals surface area contributed by atoms with E-state index in [1.54, 1.807) is 0 Å². The van der Waals surface area contributed by atoms with Crippen LogP contribution < -0.4 is 5.32 Å². The van der Waals surface area contributed by atoms with E-state index in [4.69, 9.17) is 23.2 Å². The van der Waals surface area contributed by atoms with Gasteiger partial charge < -0.3 is 5.32 Å². The van der Waals surface area contributed by atoms with Gasteiger partial charge in [-0.3, -0.25) is 0 Å². The molecule has 17 heavy (non-hydrogen) atoms. The predicted octanol–water partition coefficient (Wildman–Crippen LogP) is 5.22. The number of anilines is 2. The summed E-state index contributed by atoms with van der Waals surface area (Å²) >= 11 is 12.0. The molecule has 2 aromatic carbocycles. The van der Waals surface area contributed by atoms with E-state index < -0.39 is 0 Å². The molecule has 0 unspecified atom stereocenters. The smallest absolute Gasteiger partial charge is 0.0459 e. The molecule has 1 heterocycles. The van der Waals surface area contributed by atoms with Gasteiger partial charge in [0.2, 0.25) is 0 Å². The first-order chi connectivity index (χ1) is 8.22. The second kappa shape index (κ2) is 4.10. The Labute approximate surface area is 110 Å². The summed E-state index contributed by atoms with van der Waals surface area (Å²) in [6.07, 6.45) is 4.08. The van der Waals surface area contributed by atoms with Crippen molar-refractivity contribution in [1.29, 1.82) is 0 Å². The van der Waals surface area contributed by atoms with E-state index in [1.807, 2.05) is 48.6 Å². The van der Waals surface area contributed by atoms with Crippen molar-refractivity contribution in [2.45, 2.75) is 0 Å². The third kappa shape index (κ3) is 2.04. The van der Waals surface area contributed by atoms with E-state index in [-0.39, 0.29) is 0 Å². The molecule has 1 aliphatic rings. The second-order valence-corrected chi connectivity index (χ2v) is 4.79. The highest BCUT2D eigenvalue weighted by molar-refractivity contribution is 6.31. The zero-order valence-electron chi connectivity index (χ0n) is 8.87. The van der Waals surface area contributed by atoms with Crippen LogP contribution >= 0.6 is 23.2 Å². The van der Waals surface area contributed by atoms with Gasteiger partial charge in [0.25, 0.3) is 0 Å². The maximum Gasteiger partial charge on any atom is 0.0459 e. The van der Waals surface area contributed by atoms with E-state index in [2.05, 4.69) is 5.32 Å². The molecule has 0 atom stereocenters. The monoisotopic (exact) mass is 261 g/mol. The summed E-state index contributed by atoms with van der Waals surface area (Å²) in [5.41, 5.74) is 4.24.